The van der Waals surface area contributed by atoms with E-state index >= 15 is 0 Å². The summed E-state index contributed by atoms with van der Waals surface area (Å²) < 4.78 is 34.4. The second kappa shape index (κ2) is 10.4. The maximum atomic E-state index is 13.9. The molecular weight excluding hydrogens is 422 g/mol. The van der Waals surface area contributed by atoms with Crippen LogP contribution in [0.1, 0.15) is 38.3 Å². The quantitative estimate of drug-likeness (QED) is 0.468. The van der Waals surface area contributed by atoms with E-state index in [0.717, 1.165) is 24.2 Å². The van der Waals surface area contributed by atoms with Gasteiger partial charge in [-0.1, -0.05) is 30.8 Å². The summed E-state index contributed by atoms with van der Waals surface area (Å²) >= 11 is 1.25. The molecule has 0 spiro atoms. The molecule has 0 aliphatic rings. The first kappa shape index (κ1) is 22.7. The van der Waals surface area contributed by atoms with E-state index in [0.29, 0.717) is 17.5 Å². The number of rotatable bonds is 9. The second-order valence-corrected chi connectivity index (χ2v) is 7.75. The number of nitrogens with one attached hydrogen (secondary N) is 1. The first-order valence-corrected chi connectivity index (χ1v) is 11.0. The van der Waals surface area contributed by atoms with Crippen molar-refractivity contribution in [3.05, 3.63) is 65.5 Å². The number of nitrogens with zero attached hydrogens (tertiary/aromatic N) is 3. The van der Waals surface area contributed by atoms with Crippen molar-refractivity contribution < 1.29 is 18.3 Å². The Bertz CT molecular complexity index is 1040. The number of halogens is 2. The molecule has 1 amide bonds. The van der Waals surface area contributed by atoms with Crippen LogP contribution in [0.4, 0.5) is 14.5 Å². The number of carbonyl (C=O) groups excluding carboxylic acids is 1. The molecule has 0 radical (unpaired) electrons. The Morgan fingerprint density at radius 3 is 2.55 bits per heavy atom. The van der Waals surface area contributed by atoms with Crippen LogP contribution in [0.5, 0.6) is 5.75 Å². The Kier molecular flexibility index (Phi) is 7.62. The van der Waals surface area contributed by atoms with Gasteiger partial charge in [-0.05, 0) is 50.1 Å². The summed E-state index contributed by atoms with van der Waals surface area (Å²) in [5.74, 6) is -1.03. The highest BCUT2D eigenvalue weighted by atomic mass is 32.2. The zero-order valence-corrected chi connectivity index (χ0v) is 18.4. The van der Waals surface area contributed by atoms with Gasteiger partial charge in [-0.15, -0.1) is 10.2 Å². The van der Waals surface area contributed by atoms with Gasteiger partial charge >= 0.3 is 0 Å². The average molecular weight is 447 g/mol. The van der Waals surface area contributed by atoms with E-state index in [1.165, 1.54) is 23.4 Å². The number of ether oxygens (including phenoxy) is 1. The van der Waals surface area contributed by atoms with Gasteiger partial charge in [-0.2, -0.15) is 0 Å². The van der Waals surface area contributed by atoms with Crippen LogP contribution in [0.2, 0.25) is 0 Å². The fraction of sp³-hybridized carbons (Fsp3) is 0.318. The van der Waals surface area contributed by atoms with Crippen molar-refractivity contribution in [3.63, 3.8) is 0 Å². The van der Waals surface area contributed by atoms with E-state index in [4.69, 9.17) is 4.74 Å². The Labute approximate surface area is 184 Å². The topological polar surface area (TPSA) is 69.0 Å². The molecular formula is C22H24F2N4O2S. The van der Waals surface area contributed by atoms with Crippen LogP contribution >= 0.6 is 11.8 Å². The van der Waals surface area contributed by atoms with Crippen LogP contribution in [-0.2, 0) is 17.8 Å². The smallest absolute Gasteiger partial charge is 0.234 e. The Morgan fingerprint density at radius 2 is 1.90 bits per heavy atom. The molecule has 0 saturated carbocycles. The highest BCUT2D eigenvalue weighted by Crippen LogP contribution is 2.26. The number of aryl methyl sites for hydroxylation is 1. The van der Waals surface area contributed by atoms with E-state index in [9.17, 15) is 13.6 Å². The Morgan fingerprint density at radius 1 is 1.16 bits per heavy atom. The molecule has 3 rings (SSSR count). The minimum absolute atomic E-state index is 0.0674. The summed E-state index contributed by atoms with van der Waals surface area (Å²) in [6, 6.07) is 10.8. The normalized spacial score (nSPS) is 11.9. The predicted molar refractivity (Wildman–Crippen MR) is 116 cm³/mol. The number of carbonyl (C=O) groups is 1. The Hall–Kier alpha value is -2.94. The number of hydrogen-bond acceptors (Lipinski definition) is 5. The van der Waals surface area contributed by atoms with Crippen LogP contribution in [0, 0.1) is 11.6 Å². The molecule has 0 fully saturated rings. The van der Waals surface area contributed by atoms with Crippen molar-refractivity contribution in [2.45, 2.75) is 45.0 Å². The molecule has 31 heavy (non-hydrogen) atoms. The number of aromatic nitrogens is 3. The predicted octanol–water partition coefficient (Wildman–Crippen LogP) is 5.01. The molecule has 164 valence electrons. The fourth-order valence-corrected chi connectivity index (χ4v) is 3.78. The molecule has 9 heteroatoms. The molecule has 6 nitrogen and oxygen atoms in total. The molecule has 0 aliphatic heterocycles. The van der Waals surface area contributed by atoms with E-state index in [2.05, 4.69) is 22.4 Å². The van der Waals surface area contributed by atoms with Gasteiger partial charge in [0.15, 0.2) is 28.7 Å². The molecule has 0 aliphatic carbocycles. The molecule has 0 saturated heterocycles. The monoisotopic (exact) mass is 446 g/mol. The lowest BCUT2D eigenvalue weighted by Gasteiger charge is -2.16. The lowest BCUT2D eigenvalue weighted by Crippen LogP contribution is -2.15. The summed E-state index contributed by atoms with van der Waals surface area (Å²) in [6.07, 6.45) is 0.322. The maximum Gasteiger partial charge on any atom is 0.234 e. The van der Waals surface area contributed by atoms with Gasteiger partial charge in [-0.25, -0.2) is 8.78 Å². The minimum Gasteiger partial charge on any atom is -0.480 e. The third-order valence-electron chi connectivity index (χ3n) is 4.60. The van der Waals surface area contributed by atoms with Gasteiger partial charge in [0.05, 0.1) is 5.75 Å². The highest BCUT2D eigenvalue weighted by Gasteiger charge is 2.20. The van der Waals surface area contributed by atoms with Crippen LogP contribution < -0.4 is 10.1 Å². The van der Waals surface area contributed by atoms with E-state index in [-0.39, 0.29) is 17.4 Å². The third-order valence-corrected chi connectivity index (χ3v) is 5.57. The molecule has 2 aromatic carbocycles. The summed E-state index contributed by atoms with van der Waals surface area (Å²) in [7, 11) is 0. The number of hydrogen-bond donors (Lipinski definition) is 1. The molecule has 0 bridgehead atoms. The van der Waals surface area contributed by atoms with Gasteiger partial charge in [0, 0.05) is 18.3 Å². The zero-order valence-electron chi connectivity index (χ0n) is 17.6. The van der Waals surface area contributed by atoms with Crippen LogP contribution in [-0.4, -0.2) is 26.4 Å². The van der Waals surface area contributed by atoms with Crippen molar-refractivity contribution in [3.8, 4) is 5.75 Å². The lowest BCUT2D eigenvalue weighted by atomic mass is 10.1. The molecule has 3 aromatic rings. The molecule has 1 unspecified atom stereocenters. The van der Waals surface area contributed by atoms with Crippen LogP contribution in [0.3, 0.4) is 0 Å². The fourth-order valence-electron chi connectivity index (χ4n) is 2.97. The Balaban J connectivity index is 1.62. The SMILES string of the molecule is CCc1ccc(NC(=O)CSc2nnc(C(C)Oc3ccc(F)cc3F)n2CC)cc1. The van der Waals surface area contributed by atoms with Crippen molar-refractivity contribution in [2.24, 2.45) is 0 Å². The number of thioether (sulfide) groups is 1. The number of amides is 1. The highest BCUT2D eigenvalue weighted by molar-refractivity contribution is 7.99. The summed E-state index contributed by atoms with van der Waals surface area (Å²) in [4.78, 5) is 12.3. The van der Waals surface area contributed by atoms with Gasteiger partial charge in [-0.3, -0.25) is 4.79 Å². The van der Waals surface area contributed by atoms with Crippen molar-refractivity contribution in [2.75, 3.05) is 11.1 Å². The van der Waals surface area contributed by atoms with E-state index in [1.807, 2.05) is 31.2 Å². The van der Waals surface area contributed by atoms with E-state index in [1.54, 1.807) is 11.5 Å². The molecule has 1 aromatic heterocycles. The van der Waals surface area contributed by atoms with Crippen LogP contribution in [0.25, 0.3) is 0 Å². The van der Waals surface area contributed by atoms with E-state index < -0.39 is 17.7 Å². The zero-order chi connectivity index (χ0) is 22.4. The van der Waals surface area contributed by atoms with Gasteiger partial charge in [0.2, 0.25) is 5.91 Å². The second-order valence-electron chi connectivity index (χ2n) is 6.81. The first-order chi connectivity index (χ1) is 14.9. The standard InChI is InChI=1S/C22H24F2N4O2S/c1-4-15-6-9-17(10-7-15)25-20(29)13-31-22-27-26-21(28(22)5-2)14(3)30-19-11-8-16(23)12-18(19)24/h6-12,14H,4-5,13H2,1-3H3,(H,25,29). The largest absolute Gasteiger partial charge is 0.480 e. The van der Waals surface area contributed by atoms with Gasteiger partial charge < -0.3 is 14.6 Å². The summed E-state index contributed by atoms with van der Waals surface area (Å²) in [5, 5.41) is 11.7. The van der Waals surface area contributed by atoms with Gasteiger partial charge in [0.1, 0.15) is 5.82 Å². The van der Waals surface area contributed by atoms with Crippen molar-refractivity contribution in [1.29, 1.82) is 0 Å². The van der Waals surface area contributed by atoms with Crippen molar-refractivity contribution in [1.82, 2.24) is 14.8 Å². The van der Waals surface area contributed by atoms with Crippen LogP contribution in [0.15, 0.2) is 47.6 Å². The lowest BCUT2D eigenvalue weighted by molar-refractivity contribution is -0.113. The first-order valence-electron chi connectivity index (χ1n) is 9.97. The third kappa shape index (κ3) is 5.81. The van der Waals surface area contributed by atoms with Crippen molar-refractivity contribution >= 4 is 23.4 Å². The number of benzene rings is 2. The minimum atomic E-state index is -0.785. The maximum absolute atomic E-state index is 13.9. The molecule has 1 atom stereocenters. The van der Waals surface area contributed by atoms with Gasteiger partial charge in [0.25, 0.3) is 0 Å². The number of anilines is 1. The molecule has 1 N–H and O–H groups in total. The average Bonchev–Trinajstić information content (AvgIpc) is 3.18. The molecule has 1 heterocycles. The summed E-state index contributed by atoms with van der Waals surface area (Å²) in [6.45, 7) is 6.24. The summed E-state index contributed by atoms with van der Waals surface area (Å²) in [5.41, 5.74) is 1.94.